The van der Waals surface area contributed by atoms with Gasteiger partial charge in [0.1, 0.15) is 0 Å². The van der Waals surface area contributed by atoms with Crippen LogP contribution in [0.3, 0.4) is 0 Å². The van der Waals surface area contributed by atoms with E-state index in [2.05, 4.69) is 31.0 Å². The van der Waals surface area contributed by atoms with Gasteiger partial charge in [-0.15, -0.1) is 17.0 Å². The molecule has 17 heavy (non-hydrogen) atoms. The molecule has 0 aromatic heterocycles. The Kier molecular flexibility index (Phi) is 4.83. The smallest absolute Gasteiger partial charge is 0.161 e. The van der Waals surface area contributed by atoms with Crippen LogP contribution in [0.1, 0.15) is 24.1 Å². The second kappa shape index (κ2) is 5.74. The van der Waals surface area contributed by atoms with Crippen molar-refractivity contribution in [1.29, 1.82) is 0 Å². The Morgan fingerprint density at radius 3 is 2.35 bits per heavy atom. The van der Waals surface area contributed by atoms with Crippen molar-refractivity contribution in [3.63, 3.8) is 0 Å². The third-order valence-electron chi connectivity index (χ3n) is 3.49. The number of hydrogen-bond acceptors (Lipinski definition) is 3. The molecule has 0 radical (unpaired) electrons. The van der Waals surface area contributed by atoms with Crippen molar-refractivity contribution in [2.75, 3.05) is 27.8 Å². The van der Waals surface area contributed by atoms with Crippen LogP contribution >= 0.6 is 17.0 Å². The number of methoxy groups -OCH3 is 2. The summed E-state index contributed by atoms with van der Waals surface area (Å²) in [5, 5.41) is 0. The zero-order valence-corrected chi connectivity index (χ0v) is 12.5. The standard InChI is InChI=1S/C13H19NO2.BrH/c1-9-11-8-13(16-4)12(15-3)7-10(11)5-6-14(9)2;/h7-9H,5-6H2,1-4H3;1H. The second-order valence-corrected chi connectivity index (χ2v) is 4.31. The molecule has 1 aliphatic rings. The second-order valence-electron chi connectivity index (χ2n) is 4.31. The van der Waals surface area contributed by atoms with Crippen molar-refractivity contribution in [1.82, 2.24) is 4.90 Å². The average Bonchev–Trinajstić information content (AvgIpc) is 2.32. The molecule has 2 rings (SSSR count). The minimum absolute atomic E-state index is 0. The van der Waals surface area contributed by atoms with Gasteiger partial charge in [0.05, 0.1) is 14.2 Å². The first-order valence-corrected chi connectivity index (χ1v) is 5.62. The number of hydrogen-bond donors (Lipinski definition) is 0. The molecular formula is C13H20BrNO2. The molecule has 1 unspecified atom stereocenters. The van der Waals surface area contributed by atoms with Crippen LogP contribution in [-0.2, 0) is 6.42 Å². The first-order valence-electron chi connectivity index (χ1n) is 5.62. The SMILES string of the molecule is Br.COc1cc2c(cc1OC)C(C)N(C)CC2. The lowest BCUT2D eigenvalue weighted by atomic mass is 9.93. The molecule has 3 nitrogen and oxygen atoms in total. The molecule has 0 saturated heterocycles. The van der Waals surface area contributed by atoms with Crippen molar-refractivity contribution in [3.8, 4) is 11.5 Å². The number of fused-ring (bicyclic) bond motifs is 1. The minimum atomic E-state index is 0. The lowest BCUT2D eigenvalue weighted by Gasteiger charge is -2.32. The highest BCUT2D eigenvalue weighted by Gasteiger charge is 2.23. The quantitative estimate of drug-likeness (QED) is 0.838. The van der Waals surface area contributed by atoms with Crippen molar-refractivity contribution in [3.05, 3.63) is 23.3 Å². The molecule has 0 bridgehead atoms. The first kappa shape index (κ1) is 14.3. The molecule has 1 atom stereocenters. The summed E-state index contributed by atoms with van der Waals surface area (Å²) in [6.45, 7) is 3.33. The third kappa shape index (κ3) is 2.58. The first-order chi connectivity index (χ1) is 7.67. The molecule has 1 aliphatic heterocycles. The van der Waals surface area contributed by atoms with Crippen LogP contribution in [-0.4, -0.2) is 32.7 Å². The predicted molar refractivity (Wildman–Crippen MR) is 74.6 cm³/mol. The van der Waals surface area contributed by atoms with E-state index in [4.69, 9.17) is 9.47 Å². The average molecular weight is 302 g/mol. The highest BCUT2D eigenvalue weighted by atomic mass is 79.9. The maximum absolute atomic E-state index is 5.34. The van der Waals surface area contributed by atoms with Crippen LogP contribution in [0.4, 0.5) is 0 Å². The molecule has 1 aromatic carbocycles. The molecule has 96 valence electrons. The number of likely N-dealkylation sites (N-methyl/N-ethyl adjacent to an activating group) is 1. The van der Waals surface area contributed by atoms with Crippen LogP contribution in [0.5, 0.6) is 11.5 Å². The molecule has 0 fully saturated rings. The molecule has 0 spiro atoms. The summed E-state index contributed by atoms with van der Waals surface area (Å²) in [5.41, 5.74) is 2.73. The number of ether oxygens (including phenoxy) is 2. The molecule has 0 aliphatic carbocycles. The summed E-state index contributed by atoms with van der Waals surface area (Å²) in [6.07, 6.45) is 1.08. The van der Waals surface area contributed by atoms with E-state index in [0.29, 0.717) is 6.04 Å². The lowest BCUT2D eigenvalue weighted by Crippen LogP contribution is -2.30. The highest BCUT2D eigenvalue weighted by Crippen LogP contribution is 2.37. The van der Waals surface area contributed by atoms with Gasteiger partial charge in [-0.3, -0.25) is 4.90 Å². The van der Waals surface area contributed by atoms with Crippen LogP contribution in [0, 0.1) is 0 Å². The minimum Gasteiger partial charge on any atom is -0.493 e. The Morgan fingerprint density at radius 1 is 1.18 bits per heavy atom. The number of nitrogens with zero attached hydrogens (tertiary/aromatic N) is 1. The normalized spacial score (nSPS) is 19.2. The molecule has 4 heteroatoms. The van der Waals surface area contributed by atoms with Gasteiger partial charge in [-0.05, 0) is 43.7 Å². The van der Waals surface area contributed by atoms with E-state index in [9.17, 15) is 0 Å². The Hall–Kier alpha value is -0.740. The highest BCUT2D eigenvalue weighted by molar-refractivity contribution is 8.93. The fourth-order valence-corrected chi connectivity index (χ4v) is 2.27. The van der Waals surface area contributed by atoms with Gasteiger partial charge in [-0.25, -0.2) is 0 Å². The van der Waals surface area contributed by atoms with Gasteiger partial charge in [-0.1, -0.05) is 0 Å². The van der Waals surface area contributed by atoms with Crippen LogP contribution < -0.4 is 9.47 Å². The van der Waals surface area contributed by atoms with E-state index in [1.54, 1.807) is 14.2 Å². The van der Waals surface area contributed by atoms with Gasteiger partial charge in [-0.2, -0.15) is 0 Å². The number of rotatable bonds is 2. The van der Waals surface area contributed by atoms with E-state index in [-0.39, 0.29) is 17.0 Å². The van der Waals surface area contributed by atoms with Crippen molar-refractivity contribution < 1.29 is 9.47 Å². The van der Waals surface area contributed by atoms with Crippen molar-refractivity contribution in [2.24, 2.45) is 0 Å². The van der Waals surface area contributed by atoms with Gasteiger partial charge >= 0.3 is 0 Å². The summed E-state index contributed by atoms with van der Waals surface area (Å²) in [7, 11) is 5.52. The van der Waals surface area contributed by atoms with E-state index >= 15 is 0 Å². The maximum Gasteiger partial charge on any atom is 0.161 e. The lowest BCUT2D eigenvalue weighted by molar-refractivity contribution is 0.245. The molecule has 1 heterocycles. The Balaban J connectivity index is 0.00000144. The number of halogens is 1. The summed E-state index contributed by atoms with van der Waals surface area (Å²) < 4.78 is 10.7. The van der Waals surface area contributed by atoms with Gasteiger partial charge in [0.15, 0.2) is 11.5 Å². The van der Waals surface area contributed by atoms with Crippen molar-refractivity contribution >= 4 is 17.0 Å². The number of benzene rings is 1. The van der Waals surface area contributed by atoms with Crippen LogP contribution in [0.2, 0.25) is 0 Å². The molecule has 0 amide bonds. The van der Waals surface area contributed by atoms with Gasteiger partial charge in [0.25, 0.3) is 0 Å². The van der Waals surface area contributed by atoms with Gasteiger partial charge in [0.2, 0.25) is 0 Å². The predicted octanol–water partition coefficient (Wildman–Crippen LogP) is 2.83. The molecule has 0 N–H and O–H groups in total. The molecule has 1 aromatic rings. The Labute approximate surface area is 113 Å². The summed E-state index contributed by atoms with van der Waals surface area (Å²) in [4.78, 5) is 2.36. The summed E-state index contributed by atoms with van der Waals surface area (Å²) >= 11 is 0. The third-order valence-corrected chi connectivity index (χ3v) is 3.49. The molecule has 0 saturated carbocycles. The summed E-state index contributed by atoms with van der Waals surface area (Å²) in [6, 6.07) is 4.66. The van der Waals surface area contributed by atoms with Gasteiger partial charge in [0, 0.05) is 12.6 Å². The summed E-state index contributed by atoms with van der Waals surface area (Å²) in [5.74, 6) is 1.65. The monoisotopic (exact) mass is 301 g/mol. The van der Waals surface area contributed by atoms with Gasteiger partial charge < -0.3 is 9.47 Å². The Morgan fingerprint density at radius 2 is 1.76 bits per heavy atom. The van der Waals surface area contributed by atoms with Crippen LogP contribution in [0.25, 0.3) is 0 Å². The topological polar surface area (TPSA) is 21.7 Å². The van der Waals surface area contributed by atoms with Crippen molar-refractivity contribution in [2.45, 2.75) is 19.4 Å². The largest absolute Gasteiger partial charge is 0.493 e. The zero-order valence-electron chi connectivity index (χ0n) is 10.8. The fraction of sp³-hybridized carbons (Fsp3) is 0.538. The van der Waals surface area contributed by atoms with E-state index in [0.717, 1.165) is 24.5 Å². The molecular weight excluding hydrogens is 282 g/mol. The van der Waals surface area contributed by atoms with E-state index in [1.807, 2.05) is 0 Å². The van der Waals surface area contributed by atoms with E-state index in [1.165, 1.54) is 11.1 Å². The van der Waals surface area contributed by atoms with Crippen LogP contribution in [0.15, 0.2) is 12.1 Å². The Bertz CT molecular complexity index is 395. The maximum atomic E-state index is 5.34. The zero-order chi connectivity index (χ0) is 11.7. The van der Waals surface area contributed by atoms with E-state index < -0.39 is 0 Å². The fourth-order valence-electron chi connectivity index (χ4n) is 2.27.